The van der Waals surface area contributed by atoms with Crippen LogP contribution in [-0.4, -0.2) is 96.7 Å². The minimum absolute atomic E-state index is 0.0630. The van der Waals surface area contributed by atoms with Crippen molar-refractivity contribution >= 4 is 39.6 Å². The number of piperidine rings is 1. The van der Waals surface area contributed by atoms with Crippen LogP contribution in [0.25, 0.3) is 0 Å². The first-order valence-corrected chi connectivity index (χ1v) is 17.7. The van der Waals surface area contributed by atoms with Crippen molar-refractivity contribution in [3.8, 4) is 0 Å². The van der Waals surface area contributed by atoms with Gasteiger partial charge in [0, 0.05) is 25.7 Å². The van der Waals surface area contributed by atoms with E-state index in [4.69, 9.17) is 5.73 Å². The monoisotopic (exact) mass is 652 g/mol. The van der Waals surface area contributed by atoms with Gasteiger partial charge >= 0.3 is 6.03 Å². The lowest BCUT2D eigenvalue weighted by molar-refractivity contribution is -0.145. The number of ketones is 1. The Balaban J connectivity index is 1.52. The number of nitrogens with two attached hydrogens (primary N) is 1. The van der Waals surface area contributed by atoms with Crippen molar-refractivity contribution in [1.82, 2.24) is 25.2 Å². The molecule has 4 rings (SSSR count). The topological polar surface area (TPSA) is 188 Å². The molecule has 2 saturated heterocycles. The molecule has 14 heteroatoms. The number of Topliss-reactive ketones (excluding diaryl/α,β-unsaturated/α-hetero) is 1. The number of rotatable bonds is 11. The van der Waals surface area contributed by atoms with Crippen molar-refractivity contribution in [3.05, 3.63) is 0 Å². The Morgan fingerprint density at radius 3 is 2.07 bits per heavy atom. The van der Waals surface area contributed by atoms with Crippen LogP contribution >= 0.6 is 0 Å². The molecule has 0 aromatic heterocycles. The summed E-state index contributed by atoms with van der Waals surface area (Å²) in [6.45, 7) is 16.1. The van der Waals surface area contributed by atoms with Gasteiger partial charge in [0.2, 0.25) is 27.6 Å². The highest BCUT2D eigenvalue weighted by molar-refractivity contribution is 7.89. The van der Waals surface area contributed by atoms with Gasteiger partial charge in [-0.05, 0) is 46.8 Å². The molecule has 45 heavy (non-hydrogen) atoms. The molecule has 6 atom stereocenters. The molecule has 5 amide bonds. The third kappa shape index (κ3) is 7.64. The zero-order chi connectivity index (χ0) is 33.9. The number of nitrogens with zero attached hydrogens (tertiary/aromatic N) is 2. The quantitative estimate of drug-likeness (QED) is 0.239. The number of hydrogen-bond acceptors (Lipinski definition) is 7. The third-order valence-corrected chi connectivity index (χ3v) is 12.2. The number of primary amides is 1. The van der Waals surface area contributed by atoms with E-state index in [0.29, 0.717) is 25.9 Å². The highest BCUT2D eigenvalue weighted by atomic mass is 32.2. The lowest BCUT2D eigenvalue weighted by Gasteiger charge is -2.39. The van der Waals surface area contributed by atoms with Gasteiger partial charge in [-0.25, -0.2) is 13.2 Å². The summed E-state index contributed by atoms with van der Waals surface area (Å²) < 4.78 is 26.4. The molecule has 0 spiro atoms. The van der Waals surface area contributed by atoms with E-state index >= 15 is 0 Å². The maximum absolute atomic E-state index is 14.3. The van der Waals surface area contributed by atoms with Crippen molar-refractivity contribution in [1.29, 1.82) is 0 Å². The zero-order valence-corrected chi connectivity index (χ0v) is 28.8. The molecule has 5 N–H and O–H groups in total. The van der Waals surface area contributed by atoms with E-state index in [2.05, 4.69) is 16.0 Å². The molecular formula is C31H52N6O7S. The average molecular weight is 653 g/mol. The molecule has 0 aromatic carbocycles. The van der Waals surface area contributed by atoms with Gasteiger partial charge in [-0.3, -0.25) is 19.2 Å². The largest absolute Gasteiger partial charge is 0.363 e. The van der Waals surface area contributed by atoms with Crippen LogP contribution < -0.4 is 21.7 Å². The number of likely N-dealkylation sites (tertiary alicyclic amines) is 1. The second-order valence-electron chi connectivity index (χ2n) is 16.2. The Bertz CT molecular complexity index is 1330. The van der Waals surface area contributed by atoms with E-state index < -0.39 is 74.6 Å². The van der Waals surface area contributed by atoms with Gasteiger partial charge < -0.3 is 26.6 Å². The minimum Gasteiger partial charge on any atom is -0.363 e. The maximum Gasteiger partial charge on any atom is 0.315 e. The molecule has 4 aliphatic rings. The van der Waals surface area contributed by atoms with Gasteiger partial charge in [0.15, 0.2) is 0 Å². The molecule has 0 aromatic rings. The van der Waals surface area contributed by atoms with Crippen molar-refractivity contribution in [2.75, 3.05) is 25.4 Å². The number of carbonyl (C=O) groups is 5. The minimum atomic E-state index is -3.38. The summed E-state index contributed by atoms with van der Waals surface area (Å²) in [4.78, 5) is 67.4. The fraction of sp³-hybridized carbons (Fsp3) is 0.839. The number of fused-ring (bicyclic) bond motifs is 1. The van der Waals surface area contributed by atoms with Crippen LogP contribution in [0.15, 0.2) is 0 Å². The van der Waals surface area contributed by atoms with Crippen molar-refractivity contribution in [3.63, 3.8) is 0 Å². The molecule has 0 radical (unpaired) electrons. The first kappa shape index (κ1) is 35.1. The van der Waals surface area contributed by atoms with Crippen LogP contribution in [0.5, 0.6) is 0 Å². The Labute approximate surface area is 267 Å². The van der Waals surface area contributed by atoms with E-state index in [0.717, 1.165) is 12.8 Å². The number of amides is 5. The van der Waals surface area contributed by atoms with Crippen LogP contribution in [0.1, 0.15) is 81.1 Å². The van der Waals surface area contributed by atoms with E-state index in [1.165, 1.54) is 9.21 Å². The Morgan fingerprint density at radius 1 is 0.956 bits per heavy atom. The molecule has 13 nitrogen and oxygen atoms in total. The number of nitrogens with one attached hydrogen (secondary N) is 3. The van der Waals surface area contributed by atoms with Crippen LogP contribution in [0.4, 0.5) is 4.79 Å². The fourth-order valence-corrected chi connectivity index (χ4v) is 8.48. The van der Waals surface area contributed by atoms with E-state index in [1.54, 1.807) is 0 Å². The molecule has 254 valence electrons. The molecule has 2 unspecified atom stereocenters. The highest BCUT2D eigenvalue weighted by Crippen LogP contribution is 2.65. The Kier molecular flexibility index (Phi) is 9.46. The summed E-state index contributed by atoms with van der Waals surface area (Å²) >= 11 is 0. The maximum atomic E-state index is 14.3. The van der Waals surface area contributed by atoms with Gasteiger partial charge in [-0.15, -0.1) is 0 Å². The fourth-order valence-electron chi connectivity index (χ4n) is 6.94. The summed E-state index contributed by atoms with van der Waals surface area (Å²) in [6, 6.07) is -4.08. The summed E-state index contributed by atoms with van der Waals surface area (Å²) in [6.07, 6.45) is 2.68. The Morgan fingerprint density at radius 2 is 1.58 bits per heavy atom. The Hall–Kier alpha value is -2.74. The average Bonchev–Trinajstić information content (AvgIpc) is 3.69. The van der Waals surface area contributed by atoms with Gasteiger partial charge in [0.05, 0.1) is 11.8 Å². The molecular weight excluding hydrogens is 600 g/mol. The van der Waals surface area contributed by atoms with Crippen molar-refractivity contribution in [2.24, 2.45) is 39.7 Å². The van der Waals surface area contributed by atoms with Crippen LogP contribution in [0.2, 0.25) is 0 Å². The van der Waals surface area contributed by atoms with Crippen molar-refractivity contribution in [2.45, 2.75) is 105 Å². The standard InChI is InChI=1S/C31H52N6O7S/c1-29(2,3)20(16-36-12-9-13-45(36,43)44)34-28(42)35-24(30(4,5)6)27(41)37-15-18-21(31(18,7)8)22(37)26(40)33-19(14-17-10-11-17)23(38)25(32)39/h17-22,24H,9-16H2,1-8H3,(H2,32,39)(H,33,40)(H2,34,35,42)/t18?,19?,20-,21+,22+,24-/m1/s1. The van der Waals surface area contributed by atoms with E-state index in [1.807, 2.05) is 55.4 Å². The van der Waals surface area contributed by atoms with Gasteiger partial charge in [0.25, 0.3) is 5.91 Å². The molecule has 4 fully saturated rings. The number of hydrogen-bond donors (Lipinski definition) is 4. The first-order chi connectivity index (χ1) is 20.6. The summed E-state index contributed by atoms with van der Waals surface area (Å²) in [5.41, 5.74) is 3.86. The number of sulfonamides is 1. The summed E-state index contributed by atoms with van der Waals surface area (Å²) in [5.74, 6) is -2.64. The van der Waals surface area contributed by atoms with E-state index in [9.17, 15) is 32.4 Å². The molecule has 2 heterocycles. The number of urea groups is 1. The van der Waals surface area contributed by atoms with Gasteiger partial charge in [-0.1, -0.05) is 68.2 Å². The molecule has 2 aliphatic heterocycles. The zero-order valence-electron chi connectivity index (χ0n) is 27.9. The SMILES string of the molecule is CC(C)(C)[C@H](NC(=O)N[C@H](CN1CCCS1(=O)=O)C(C)(C)C)C(=O)N1CC2[C@@H]([C@H]1C(=O)NC(CC1CC1)C(=O)C(N)=O)C2(C)C. The van der Waals surface area contributed by atoms with Gasteiger partial charge in [-0.2, -0.15) is 4.31 Å². The van der Waals surface area contributed by atoms with Gasteiger partial charge in [0.1, 0.15) is 12.1 Å². The number of carbonyl (C=O) groups excluding carboxylic acids is 5. The predicted octanol–water partition coefficient (Wildman–Crippen LogP) is 0.973. The normalized spacial score (nSPS) is 27.6. The molecule has 0 bridgehead atoms. The molecule has 2 saturated carbocycles. The lowest BCUT2D eigenvalue weighted by Crippen LogP contribution is -2.62. The second kappa shape index (κ2) is 12.1. The first-order valence-electron chi connectivity index (χ1n) is 16.0. The lowest BCUT2D eigenvalue weighted by atomic mass is 9.85. The second-order valence-corrected chi connectivity index (χ2v) is 18.3. The van der Waals surface area contributed by atoms with Crippen LogP contribution in [-0.2, 0) is 29.2 Å². The van der Waals surface area contributed by atoms with Crippen LogP contribution in [0.3, 0.4) is 0 Å². The molecule has 2 aliphatic carbocycles. The van der Waals surface area contributed by atoms with Crippen molar-refractivity contribution < 1.29 is 32.4 Å². The predicted molar refractivity (Wildman–Crippen MR) is 168 cm³/mol. The van der Waals surface area contributed by atoms with Crippen LogP contribution in [0, 0.1) is 34.0 Å². The summed E-state index contributed by atoms with van der Waals surface area (Å²) in [5, 5.41) is 8.52. The summed E-state index contributed by atoms with van der Waals surface area (Å²) in [7, 11) is -3.38. The smallest absolute Gasteiger partial charge is 0.315 e. The van der Waals surface area contributed by atoms with E-state index in [-0.39, 0.29) is 35.5 Å². The third-order valence-electron chi connectivity index (χ3n) is 10.2. The highest BCUT2D eigenvalue weighted by Gasteiger charge is 2.70.